The number of ether oxygens (including phenoxy) is 2. The normalized spacial score (nSPS) is 10.3. The first-order valence-electron chi connectivity index (χ1n) is 7.58. The van der Waals surface area contributed by atoms with E-state index in [1.165, 1.54) is 0 Å². The smallest absolute Gasteiger partial charge is 0.224 e. The predicted molar refractivity (Wildman–Crippen MR) is 91.0 cm³/mol. The van der Waals surface area contributed by atoms with Crippen LogP contribution in [-0.4, -0.2) is 20.1 Å². The fourth-order valence-electron chi connectivity index (χ4n) is 2.54. The van der Waals surface area contributed by atoms with Crippen LogP contribution in [0.25, 0.3) is 0 Å². The summed E-state index contributed by atoms with van der Waals surface area (Å²) < 4.78 is 10.6. The first kappa shape index (κ1) is 16.9. The van der Waals surface area contributed by atoms with Crippen molar-refractivity contribution in [2.24, 2.45) is 0 Å². The van der Waals surface area contributed by atoms with Crippen molar-refractivity contribution in [3.63, 3.8) is 0 Å². The Labute approximate surface area is 137 Å². The lowest BCUT2D eigenvalue weighted by Crippen LogP contribution is -2.25. The second kappa shape index (κ2) is 7.68. The molecule has 1 N–H and O–H groups in total. The highest BCUT2D eigenvalue weighted by atomic mass is 16.5. The third-order valence-electron chi connectivity index (χ3n) is 4.09. The molecule has 23 heavy (non-hydrogen) atoms. The molecule has 0 unspecified atom stereocenters. The second-order valence-electron chi connectivity index (χ2n) is 5.44. The summed E-state index contributed by atoms with van der Waals surface area (Å²) in [4.78, 5) is 12.2. The molecule has 1 amide bonds. The molecule has 0 saturated carbocycles. The number of carbonyl (C=O) groups excluding carboxylic acids is 1. The van der Waals surface area contributed by atoms with Gasteiger partial charge in [-0.25, -0.2) is 0 Å². The van der Waals surface area contributed by atoms with Gasteiger partial charge in [-0.2, -0.15) is 0 Å². The average Bonchev–Trinajstić information content (AvgIpc) is 2.57. The highest BCUT2D eigenvalue weighted by Crippen LogP contribution is 2.24. The molecule has 4 heteroatoms. The molecule has 122 valence electrons. The van der Waals surface area contributed by atoms with Crippen molar-refractivity contribution < 1.29 is 14.3 Å². The third-order valence-corrected chi connectivity index (χ3v) is 4.09. The monoisotopic (exact) mass is 313 g/mol. The van der Waals surface area contributed by atoms with Gasteiger partial charge in [-0.15, -0.1) is 0 Å². The van der Waals surface area contributed by atoms with Gasteiger partial charge in [0.25, 0.3) is 0 Å². The minimum atomic E-state index is -0.0106. The van der Waals surface area contributed by atoms with Gasteiger partial charge >= 0.3 is 0 Å². The Kier molecular flexibility index (Phi) is 5.63. The van der Waals surface area contributed by atoms with Crippen LogP contribution in [0, 0.1) is 13.8 Å². The van der Waals surface area contributed by atoms with Crippen molar-refractivity contribution >= 4 is 5.91 Å². The minimum Gasteiger partial charge on any atom is -0.496 e. The van der Waals surface area contributed by atoms with E-state index in [0.29, 0.717) is 13.0 Å². The van der Waals surface area contributed by atoms with Crippen LogP contribution < -0.4 is 14.8 Å². The van der Waals surface area contributed by atoms with Gasteiger partial charge in [0.2, 0.25) is 5.91 Å². The molecule has 2 aromatic rings. The van der Waals surface area contributed by atoms with Crippen molar-refractivity contribution in [3.05, 3.63) is 58.7 Å². The van der Waals surface area contributed by atoms with E-state index in [4.69, 9.17) is 9.47 Å². The summed E-state index contributed by atoms with van der Waals surface area (Å²) >= 11 is 0. The summed E-state index contributed by atoms with van der Waals surface area (Å²) in [5, 5.41) is 2.95. The van der Waals surface area contributed by atoms with E-state index in [2.05, 4.69) is 5.32 Å². The van der Waals surface area contributed by atoms with Crippen LogP contribution in [0.3, 0.4) is 0 Å². The number of amides is 1. The number of para-hydroxylation sites is 1. The fraction of sp³-hybridized carbons (Fsp3) is 0.316. The van der Waals surface area contributed by atoms with Crippen LogP contribution in [0.15, 0.2) is 36.4 Å². The maximum absolute atomic E-state index is 12.2. The summed E-state index contributed by atoms with van der Waals surface area (Å²) in [7, 11) is 3.28. The molecule has 0 aliphatic rings. The molecule has 0 saturated heterocycles. The van der Waals surface area contributed by atoms with Gasteiger partial charge in [0.1, 0.15) is 11.5 Å². The van der Waals surface area contributed by atoms with Gasteiger partial charge in [-0.05, 0) is 42.7 Å². The Morgan fingerprint density at radius 1 is 0.913 bits per heavy atom. The molecule has 2 rings (SSSR count). The Hall–Kier alpha value is -2.49. The van der Waals surface area contributed by atoms with E-state index in [1.54, 1.807) is 14.2 Å². The standard InChI is InChI=1S/C19H23NO3/c1-13-14(2)17(22-3)10-9-15(13)11-19(21)20-12-16-7-5-6-8-18(16)23-4/h5-10H,11-12H2,1-4H3,(H,20,21). The number of hydrogen-bond donors (Lipinski definition) is 1. The van der Waals surface area contributed by atoms with Gasteiger partial charge in [-0.1, -0.05) is 24.3 Å². The lowest BCUT2D eigenvalue weighted by Gasteiger charge is -2.13. The van der Waals surface area contributed by atoms with Crippen molar-refractivity contribution in [3.8, 4) is 11.5 Å². The lowest BCUT2D eigenvalue weighted by atomic mass is 9.99. The molecule has 0 aliphatic carbocycles. The molecule has 0 aromatic heterocycles. The van der Waals surface area contributed by atoms with Crippen LogP contribution in [0.2, 0.25) is 0 Å². The molecule has 0 heterocycles. The van der Waals surface area contributed by atoms with E-state index in [0.717, 1.165) is 33.8 Å². The molecule has 2 aromatic carbocycles. The topological polar surface area (TPSA) is 47.6 Å². The molecule has 0 aliphatic heterocycles. The molecule has 0 spiro atoms. The molecular weight excluding hydrogens is 290 g/mol. The number of benzene rings is 2. The van der Waals surface area contributed by atoms with Crippen molar-refractivity contribution in [1.82, 2.24) is 5.32 Å². The molecule has 0 fully saturated rings. The molecule has 0 bridgehead atoms. The first-order valence-corrected chi connectivity index (χ1v) is 7.58. The number of rotatable bonds is 6. The van der Waals surface area contributed by atoms with Crippen LogP contribution >= 0.6 is 0 Å². The maximum atomic E-state index is 12.2. The Balaban J connectivity index is 2.02. The highest BCUT2D eigenvalue weighted by molar-refractivity contribution is 5.79. The van der Waals surface area contributed by atoms with E-state index in [-0.39, 0.29) is 5.91 Å². The molecule has 4 nitrogen and oxygen atoms in total. The summed E-state index contributed by atoms with van der Waals surface area (Å²) in [6.45, 7) is 4.47. The Bertz CT molecular complexity index is 695. The number of hydrogen-bond acceptors (Lipinski definition) is 3. The van der Waals surface area contributed by atoms with Crippen LogP contribution in [-0.2, 0) is 17.8 Å². The van der Waals surface area contributed by atoms with Gasteiger partial charge in [0, 0.05) is 12.1 Å². The minimum absolute atomic E-state index is 0.0106. The molecule has 0 atom stereocenters. The number of carbonyl (C=O) groups is 1. The molecule has 0 radical (unpaired) electrons. The van der Waals surface area contributed by atoms with Crippen LogP contribution in [0.5, 0.6) is 11.5 Å². The predicted octanol–water partition coefficient (Wildman–Crippen LogP) is 3.18. The average molecular weight is 313 g/mol. The van der Waals surface area contributed by atoms with Gasteiger partial charge < -0.3 is 14.8 Å². The summed E-state index contributed by atoms with van der Waals surface area (Å²) in [6.07, 6.45) is 0.353. The van der Waals surface area contributed by atoms with Crippen molar-refractivity contribution in [2.75, 3.05) is 14.2 Å². The number of methoxy groups -OCH3 is 2. The van der Waals surface area contributed by atoms with E-state index in [9.17, 15) is 4.79 Å². The zero-order chi connectivity index (χ0) is 16.8. The van der Waals surface area contributed by atoms with Crippen LogP contribution in [0.4, 0.5) is 0 Å². The largest absolute Gasteiger partial charge is 0.496 e. The zero-order valence-corrected chi connectivity index (χ0v) is 14.1. The zero-order valence-electron chi connectivity index (χ0n) is 14.1. The van der Waals surface area contributed by atoms with E-state index in [1.807, 2.05) is 50.2 Å². The molecular formula is C19H23NO3. The second-order valence-corrected chi connectivity index (χ2v) is 5.44. The summed E-state index contributed by atoms with van der Waals surface area (Å²) in [5.41, 5.74) is 4.14. The fourth-order valence-corrected chi connectivity index (χ4v) is 2.54. The van der Waals surface area contributed by atoms with E-state index < -0.39 is 0 Å². The lowest BCUT2D eigenvalue weighted by molar-refractivity contribution is -0.120. The van der Waals surface area contributed by atoms with Crippen molar-refractivity contribution in [2.45, 2.75) is 26.8 Å². The quantitative estimate of drug-likeness (QED) is 0.891. The van der Waals surface area contributed by atoms with Gasteiger partial charge in [0.05, 0.1) is 20.6 Å². The summed E-state index contributed by atoms with van der Waals surface area (Å²) in [5.74, 6) is 1.62. The summed E-state index contributed by atoms with van der Waals surface area (Å²) in [6, 6.07) is 11.5. The van der Waals surface area contributed by atoms with E-state index >= 15 is 0 Å². The van der Waals surface area contributed by atoms with Crippen LogP contribution in [0.1, 0.15) is 22.3 Å². The van der Waals surface area contributed by atoms with Gasteiger partial charge in [0.15, 0.2) is 0 Å². The maximum Gasteiger partial charge on any atom is 0.224 e. The van der Waals surface area contributed by atoms with Crippen molar-refractivity contribution in [1.29, 1.82) is 0 Å². The van der Waals surface area contributed by atoms with Gasteiger partial charge in [-0.3, -0.25) is 4.79 Å². The highest BCUT2D eigenvalue weighted by Gasteiger charge is 2.11. The number of nitrogens with one attached hydrogen (secondary N) is 1. The SMILES string of the molecule is COc1ccccc1CNC(=O)Cc1ccc(OC)c(C)c1C. The first-order chi connectivity index (χ1) is 11.1. The Morgan fingerprint density at radius 2 is 1.61 bits per heavy atom. The Morgan fingerprint density at radius 3 is 2.30 bits per heavy atom. The third kappa shape index (κ3) is 4.03.